The van der Waals surface area contributed by atoms with Gasteiger partial charge in [0.15, 0.2) is 0 Å². The maximum absolute atomic E-state index is 14.7. The van der Waals surface area contributed by atoms with E-state index in [4.69, 9.17) is 36.2 Å². The minimum atomic E-state index is -1.28. The Morgan fingerprint density at radius 1 is 1.28 bits per heavy atom. The van der Waals surface area contributed by atoms with Crippen molar-refractivity contribution in [1.82, 2.24) is 14.9 Å². The summed E-state index contributed by atoms with van der Waals surface area (Å²) in [5.41, 5.74) is 1.62. The molecule has 2 fully saturated rings. The molecule has 0 spiro atoms. The zero-order chi connectivity index (χ0) is 34.0. The van der Waals surface area contributed by atoms with Crippen LogP contribution in [0.4, 0.5) is 4.79 Å². The van der Waals surface area contributed by atoms with Crippen LogP contribution in [-0.4, -0.2) is 97.7 Å². The number of benzene rings is 1. The maximum atomic E-state index is 14.7. The number of aromatic nitrogens is 2. The van der Waals surface area contributed by atoms with Crippen molar-refractivity contribution in [2.75, 3.05) is 20.3 Å². The van der Waals surface area contributed by atoms with Crippen LogP contribution in [0.1, 0.15) is 57.1 Å². The zero-order valence-electron chi connectivity index (χ0n) is 28.1. The summed E-state index contributed by atoms with van der Waals surface area (Å²) in [4.78, 5) is 42.6. The second kappa shape index (κ2) is 14.2. The van der Waals surface area contributed by atoms with Crippen molar-refractivity contribution in [3.05, 3.63) is 54.4 Å². The molecule has 2 saturated heterocycles. The Bertz CT molecular complexity index is 1630. The molecule has 8 unspecified atom stereocenters. The van der Waals surface area contributed by atoms with Gasteiger partial charge in [-0.05, 0) is 6.92 Å². The molecule has 13 heteroatoms. The van der Waals surface area contributed by atoms with Gasteiger partial charge in [-0.25, -0.2) is 0 Å². The number of pyridine rings is 1. The standard InChI is InChI=1S/C34H44BN4O8/c1-9-14-43-33(41)39(18(2)3)25-17-44-26(16-20(25)5)46-29-31(42-8)34(7,21(6)45-32(29)47-38-35)30(40)28-27-22(12-13-36-28)23-15-19(4)10-11-24(23)37-27/h9-13,15,18,20-21,25-26,29,31-32,37H,1,14,16-17H2,2-8H3. The minimum absolute atomic E-state index is 0.0316. The van der Waals surface area contributed by atoms with E-state index in [-0.39, 0.29) is 42.7 Å². The molecule has 2 aromatic heterocycles. The van der Waals surface area contributed by atoms with Gasteiger partial charge in [0.2, 0.25) is 0 Å². The van der Waals surface area contributed by atoms with Crippen molar-refractivity contribution in [3.8, 4) is 0 Å². The number of aromatic amines is 1. The molecule has 47 heavy (non-hydrogen) atoms. The Labute approximate surface area is 276 Å². The molecule has 0 saturated carbocycles. The van der Waals surface area contributed by atoms with Crippen molar-refractivity contribution >= 4 is 41.3 Å². The Morgan fingerprint density at radius 2 is 2.04 bits per heavy atom. The monoisotopic (exact) mass is 647 g/mol. The summed E-state index contributed by atoms with van der Waals surface area (Å²) in [6.07, 6.45) is -1.25. The van der Waals surface area contributed by atoms with Crippen LogP contribution in [0, 0.1) is 18.3 Å². The fraction of sp³-hybridized carbons (Fsp3) is 0.559. The van der Waals surface area contributed by atoms with Crippen LogP contribution in [0.5, 0.6) is 0 Å². The quantitative estimate of drug-likeness (QED) is 0.125. The van der Waals surface area contributed by atoms with Crippen LogP contribution in [0.25, 0.3) is 21.8 Å². The Kier molecular flexibility index (Phi) is 10.5. The number of ether oxygens (including phenoxy) is 5. The van der Waals surface area contributed by atoms with Crippen LogP contribution in [-0.2, 0) is 28.5 Å². The predicted molar refractivity (Wildman–Crippen MR) is 176 cm³/mol. The van der Waals surface area contributed by atoms with E-state index in [0.29, 0.717) is 11.9 Å². The van der Waals surface area contributed by atoms with Gasteiger partial charge >= 0.3 is 239 Å². The number of hydrogen-bond donors (Lipinski definition) is 1. The van der Waals surface area contributed by atoms with Gasteiger partial charge in [0.1, 0.15) is 6.61 Å². The average molecular weight is 648 g/mol. The number of aryl methyl sites for hydroxylation is 1. The fourth-order valence-electron chi connectivity index (χ4n) is 6.93. The third-order valence-electron chi connectivity index (χ3n) is 9.57. The molecule has 0 bridgehead atoms. The molecule has 1 N–H and O–H groups in total. The van der Waals surface area contributed by atoms with Gasteiger partial charge in [0.05, 0.1) is 0 Å². The van der Waals surface area contributed by atoms with Crippen LogP contribution >= 0.6 is 0 Å². The second-order valence-corrected chi connectivity index (χ2v) is 12.9. The summed E-state index contributed by atoms with van der Waals surface area (Å²) in [7, 11) is 6.95. The van der Waals surface area contributed by atoms with Crippen LogP contribution in [0.3, 0.4) is 0 Å². The number of carbonyl (C=O) groups excluding carboxylic acids is 2. The first-order chi connectivity index (χ1) is 22.5. The van der Waals surface area contributed by atoms with Gasteiger partial charge in [0.25, 0.3) is 0 Å². The number of rotatable bonds is 11. The summed E-state index contributed by atoms with van der Waals surface area (Å²) in [5.74, 6) is -0.318. The van der Waals surface area contributed by atoms with E-state index >= 15 is 0 Å². The van der Waals surface area contributed by atoms with Crippen molar-refractivity contribution in [2.45, 2.75) is 90.9 Å². The van der Waals surface area contributed by atoms with Gasteiger partial charge in [-0.3, -0.25) is 0 Å². The average Bonchev–Trinajstić information content (AvgIpc) is 3.41. The zero-order valence-corrected chi connectivity index (χ0v) is 28.1. The second-order valence-electron chi connectivity index (χ2n) is 12.9. The molecule has 4 heterocycles. The Balaban J connectivity index is 1.43. The third-order valence-corrected chi connectivity index (χ3v) is 9.57. The van der Waals surface area contributed by atoms with Crippen molar-refractivity contribution in [1.29, 1.82) is 0 Å². The molecule has 8 atom stereocenters. The summed E-state index contributed by atoms with van der Waals surface area (Å²) in [6.45, 7) is 15.4. The van der Waals surface area contributed by atoms with Gasteiger partial charge in [-0.15, -0.1) is 0 Å². The van der Waals surface area contributed by atoms with E-state index < -0.39 is 42.4 Å². The molecule has 12 nitrogen and oxygen atoms in total. The number of carbonyl (C=O) groups is 2. The van der Waals surface area contributed by atoms with E-state index in [1.54, 1.807) is 24.9 Å². The van der Waals surface area contributed by atoms with Gasteiger partial charge in [-0.1, -0.05) is 24.3 Å². The molecule has 1 amide bonds. The molecule has 2 aliphatic rings. The topological polar surface area (TPSA) is 134 Å². The van der Waals surface area contributed by atoms with Gasteiger partial charge in [0, 0.05) is 0 Å². The number of amides is 1. The number of methoxy groups -OCH3 is 1. The number of nitrogens with zero attached hydrogens (tertiary/aromatic N) is 3. The number of H-pyrrole nitrogens is 1. The molecular formula is C34H44BN4O8. The van der Waals surface area contributed by atoms with Crippen LogP contribution in [0.15, 0.2) is 48.2 Å². The SMILES string of the molecule is [B]=NOC1OC(C)C(C)(C(=O)c2nccc3c2[nH]c2ccc(C)cc23)C(OC)C1OC1CC(C)C(N(C(=O)OCC=C)C(C)C)CO1. The molecule has 2 aliphatic heterocycles. The first-order valence-corrected chi connectivity index (χ1v) is 15.9. The first kappa shape index (κ1) is 34.7. The molecule has 1 aromatic carbocycles. The molecule has 1 radical (unpaired) electrons. The fourth-order valence-corrected chi connectivity index (χ4v) is 6.93. The number of Topliss-reactive ketones (excluding diaryl/α,β-unsaturated/α-hetero) is 1. The van der Waals surface area contributed by atoms with Crippen molar-refractivity contribution in [2.24, 2.45) is 16.4 Å². The first-order valence-electron chi connectivity index (χ1n) is 15.9. The summed E-state index contributed by atoms with van der Waals surface area (Å²) in [5, 5.41) is 5.27. The van der Waals surface area contributed by atoms with E-state index in [2.05, 4.69) is 27.7 Å². The molecule has 0 aliphatic carbocycles. The van der Waals surface area contributed by atoms with Gasteiger partial charge in [-0.2, -0.15) is 0 Å². The number of hydrogen-bond acceptors (Lipinski definition) is 10. The molecule has 3 aromatic rings. The van der Waals surface area contributed by atoms with Crippen LogP contribution < -0.4 is 0 Å². The number of ketones is 1. The molecular weight excluding hydrogens is 603 g/mol. The van der Waals surface area contributed by atoms with E-state index in [9.17, 15) is 9.59 Å². The Morgan fingerprint density at radius 3 is 2.70 bits per heavy atom. The van der Waals surface area contributed by atoms with Crippen LogP contribution in [0.2, 0.25) is 0 Å². The van der Waals surface area contributed by atoms with Gasteiger partial charge < -0.3 is 0 Å². The van der Waals surface area contributed by atoms with E-state index in [0.717, 1.165) is 21.9 Å². The van der Waals surface area contributed by atoms with Crippen molar-refractivity contribution in [3.63, 3.8) is 0 Å². The van der Waals surface area contributed by atoms with E-state index in [1.807, 2.05) is 45.9 Å². The normalized spacial score (nSPS) is 29.5. The number of fused-ring (bicyclic) bond motifs is 3. The van der Waals surface area contributed by atoms with E-state index in [1.165, 1.54) is 13.2 Å². The summed E-state index contributed by atoms with van der Waals surface area (Å²) >= 11 is 0. The van der Waals surface area contributed by atoms with Crippen molar-refractivity contribution < 1.29 is 38.1 Å². The summed E-state index contributed by atoms with van der Waals surface area (Å²) < 4.78 is 30.4. The number of nitrogens with one attached hydrogen (secondary N) is 1. The Hall–Kier alpha value is -3.65. The molecule has 251 valence electrons. The third kappa shape index (κ3) is 6.46. The molecule has 5 rings (SSSR count). The summed E-state index contributed by atoms with van der Waals surface area (Å²) in [6, 6.07) is 7.61. The predicted octanol–water partition coefficient (Wildman–Crippen LogP) is 5.43.